The van der Waals surface area contributed by atoms with Crippen molar-refractivity contribution in [2.24, 2.45) is 0 Å². The summed E-state index contributed by atoms with van der Waals surface area (Å²) in [6.07, 6.45) is 0. The van der Waals surface area contributed by atoms with Gasteiger partial charge in [0.25, 0.3) is 0 Å². The predicted octanol–water partition coefficient (Wildman–Crippen LogP) is -1.03. The number of benzene rings is 7. The van der Waals surface area contributed by atoms with Crippen molar-refractivity contribution in [2.75, 3.05) is 0 Å². The second kappa shape index (κ2) is 15.5. The highest BCUT2D eigenvalue weighted by molar-refractivity contribution is 7.28. The highest BCUT2D eigenvalue weighted by Gasteiger charge is 2.25. The molecule has 0 aliphatic rings. The first kappa shape index (κ1) is 39.9. The molecule has 22 radical (unpaired) electrons. The number of hydrogen-bond donors (Lipinski definition) is 0. The van der Waals surface area contributed by atoms with Gasteiger partial charge >= 0.3 is 0 Å². The number of fused-ring (bicyclic) bond motifs is 3. The van der Waals surface area contributed by atoms with E-state index in [1.54, 1.807) is 0 Å². The molecule has 0 bridgehead atoms. The van der Waals surface area contributed by atoms with Crippen LogP contribution < -0.4 is 60.1 Å². The Morgan fingerprint density at radius 3 is 1.13 bits per heavy atom. The Bertz CT molecular complexity index is 3170. The summed E-state index contributed by atoms with van der Waals surface area (Å²) in [7, 11) is 72.8. The Morgan fingerprint density at radius 1 is 0.267 bits per heavy atom. The number of thiophene rings is 1. The quantitative estimate of drug-likeness (QED) is 0.205. The maximum atomic E-state index is 7.15. The Kier molecular flexibility index (Phi) is 10.3. The third-order valence-corrected chi connectivity index (χ3v) is 12.1. The lowest BCUT2D eigenvalue weighted by atomic mass is 9.58. The zero-order valence-corrected chi connectivity index (χ0v) is 32.8. The van der Waals surface area contributed by atoms with Gasteiger partial charge in [0, 0.05) is 26.1 Å². The molecule has 0 aliphatic carbocycles. The van der Waals surface area contributed by atoms with Crippen LogP contribution in [0.5, 0.6) is 0 Å². The monoisotopic (exact) mass is 753 g/mol. The molecule has 0 spiro atoms. The van der Waals surface area contributed by atoms with Crippen LogP contribution in [0.1, 0.15) is 0 Å². The van der Waals surface area contributed by atoms with Gasteiger partial charge in [-0.2, -0.15) is 0 Å². The first-order chi connectivity index (χ1) is 28.8. The van der Waals surface area contributed by atoms with Gasteiger partial charge in [-0.3, -0.25) is 0 Å². The van der Waals surface area contributed by atoms with Crippen LogP contribution in [0.25, 0.3) is 87.7 Å². The first-order valence-corrected chi connectivity index (χ1v) is 19.5. The molecule has 0 aliphatic heterocycles. The molecule has 2 aromatic heterocycles. The largest absolute Gasteiger partial charge is 0.208 e. The highest BCUT2D eigenvalue weighted by Crippen LogP contribution is 2.36. The van der Waals surface area contributed by atoms with E-state index < -0.39 is 0 Å². The maximum absolute atomic E-state index is 7.15. The van der Waals surface area contributed by atoms with E-state index in [1.165, 1.54) is 11.3 Å². The molecule has 0 unspecified atom stereocenters. The lowest BCUT2D eigenvalue weighted by molar-refractivity contribution is 1.08. The summed E-state index contributed by atoms with van der Waals surface area (Å²) < 4.78 is 1.03. The average molecular weight is 752 g/mol. The van der Waals surface area contributed by atoms with Gasteiger partial charge in [-0.15, -0.1) is 33.2 Å². The molecule has 0 saturated carbocycles. The summed E-state index contributed by atoms with van der Waals surface area (Å²) in [6, 6.07) is 36.2. The fourth-order valence-corrected chi connectivity index (χ4v) is 8.98. The Balaban J connectivity index is 1.23. The van der Waals surface area contributed by atoms with Crippen molar-refractivity contribution >= 4 is 178 Å². The van der Waals surface area contributed by atoms with Crippen molar-refractivity contribution in [3.63, 3.8) is 0 Å². The smallest absolute Gasteiger partial charge is 0.164 e. The van der Waals surface area contributed by atoms with E-state index in [0.717, 1.165) is 33.4 Å². The van der Waals surface area contributed by atoms with Crippen molar-refractivity contribution in [1.29, 1.82) is 0 Å². The molecule has 15 heteroatoms. The minimum atomic E-state index is 0.0401. The molecule has 60 heavy (non-hydrogen) atoms. The Hall–Kier alpha value is -5.52. The van der Waals surface area contributed by atoms with Crippen molar-refractivity contribution in [3.8, 4) is 67.5 Å². The highest BCUT2D eigenvalue weighted by atomic mass is 32.1. The maximum Gasteiger partial charge on any atom is 0.164 e. The third kappa shape index (κ3) is 6.48. The number of rotatable bonds is 6. The van der Waals surface area contributed by atoms with E-state index in [2.05, 4.69) is 36.4 Å². The summed E-state index contributed by atoms with van der Waals surface area (Å²) in [4.78, 5) is 14.8. The van der Waals surface area contributed by atoms with Crippen LogP contribution in [0.15, 0.2) is 109 Å². The van der Waals surface area contributed by atoms with Gasteiger partial charge in [0.2, 0.25) is 0 Å². The van der Waals surface area contributed by atoms with Crippen molar-refractivity contribution in [2.45, 2.75) is 0 Å². The van der Waals surface area contributed by atoms with Crippen molar-refractivity contribution < 1.29 is 0 Å². The number of aromatic nitrogens is 3. The number of hydrogen-bond acceptors (Lipinski definition) is 4. The molecule has 252 valence electrons. The third-order valence-electron chi connectivity index (χ3n) is 10.9. The molecule has 3 nitrogen and oxygen atoms in total. The predicted molar refractivity (Wildman–Crippen MR) is 265 cm³/mol. The lowest BCUT2D eigenvalue weighted by Crippen LogP contribution is -2.56. The summed E-state index contributed by atoms with van der Waals surface area (Å²) in [6.45, 7) is 0. The van der Waals surface area contributed by atoms with E-state index >= 15 is 0 Å². The molecule has 2 heterocycles. The zero-order valence-electron chi connectivity index (χ0n) is 32.0. The van der Waals surface area contributed by atoms with E-state index in [0.29, 0.717) is 37.4 Å². The van der Waals surface area contributed by atoms with Gasteiger partial charge in [-0.05, 0) is 44.2 Å². The molecule has 9 rings (SSSR count). The fourth-order valence-electron chi connectivity index (χ4n) is 7.61. The summed E-state index contributed by atoms with van der Waals surface area (Å²) >= 11 is 1.23. The molecular weight excluding hydrogens is 734 g/mol. The van der Waals surface area contributed by atoms with Crippen LogP contribution in [-0.2, 0) is 0 Å². The first-order valence-electron chi connectivity index (χ1n) is 18.6. The van der Waals surface area contributed by atoms with Crippen molar-refractivity contribution in [3.05, 3.63) is 109 Å². The van der Waals surface area contributed by atoms with Gasteiger partial charge in [0.1, 0.15) is 86.3 Å². The van der Waals surface area contributed by atoms with Gasteiger partial charge in [-0.25, -0.2) is 15.0 Å². The molecule has 0 saturated heterocycles. The van der Waals surface area contributed by atoms with E-state index in [1.807, 2.05) is 72.8 Å². The van der Waals surface area contributed by atoms with Crippen LogP contribution in [-0.4, -0.2) is 101 Å². The van der Waals surface area contributed by atoms with Crippen LogP contribution in [0.3, 0.4) is 0 Å². The van der Waals surface area contributed by atoms with Gasteiger partial charge in [-0.1, -0.05) is 147 Å². The normalized spacial score (nSPS) is 11.4. The SMILES string of the molecule is [B]c1c([B])c([B])c(-c2c([B])c([B])c([B])c3c2sc2c([B])c([B])c(-c4nc(-c5ccccc5)nc(-c5ccc(-c6ccc(-c7ccccc7)cc6)cc5)n4)c([B])c23)c([B])c1[B]. The molecular formula is C45H18B11N3S. The van der Waals surface area contributed by atoms with E-state index in [4.69, 9.17) is 101 Å². The molecule has 0 atom stereocenters. The summed E-state index contributed by atoms with van der Waals surface area (Å²) in [5, 5.41) is 0.904. The van der Waals surface area contributed by atoms with Crippen LogP contribution >= 0.6 is 11.3 Å². The zero-order chi connectivity index (χ0) is 42.1. The molecule has 7 aromatic carbocycles. The summed E-state index contributed by atoms with van der Waals surface area (Å²) in [5.74, 6) is 0.977. The second-order valence-corrected chi connectivity index (χ2v) is 15.4. The Labute approximate surface area is 367 Å². The topological polar surface area (TPSA) is 38.7 Å². The minimum absolute atomic E-state index is 0.0401. The second-order valence-electron chi connectivity index (χ2n) is 14.4. The summed E-state index contributed by atoms with van der Waals surface area (Å²) in [5.41, 5.74) is 7.87. The van der Waals surface area contributed by atoms with E-state index in [-0.39, 0.29) is 77.0 Å². The van der Waals surface area contributed by atoms with E-state index in [9.17, 15) is 0 Å². The standard InChI is InChI=1S/C45H18B11N3S/c46-30-27-28-34(50)36(52)33(49)26(25-31(47)37(53)39(55)38(54)32(25)48)41(28)60-42(27)40(56)35(51)29(30)45-58-43(23-9-5-2-6-10-23)57-44(59-45)24-17-15-22(16-18-24)21-13-11-20(12-14-21)19-7-3-1-4-8-19/h1-18H. The Morgan fingerprint density at radius 2 is 0.617 bits per heavy atom. The fraction of sp³-hybridized carbons (Fsp3) is 0. The van der Waals surface area contributed by atoms with Gasteiger partial charge < -0.3 is 0 Å². The molecule has 9 aromatic rings. The minimum Gasteiger partial charge on any atom is -0.208 e. The van der Waals surface area contributed by atoms with Gasteiger partial charge in [0.05, 0.1) is 0 Å². The van der Waals surface area contributed by atoms with Crippen LogP contribution in [0.2, 0.25) is 0 Å². The molecule has 0 amide bonds. The average Bonchev–Trinajstić information content (AvgIpc) is 3.69. The molecule has 0 N–H and O–H groups in total. The van der Waals surface area contributed by atoms with Crippen LogP contribution in [0, 0.1) is 0 Å². The van der Waals surface area contributed by atoms with Gasteiger partial charge in [0.15, 0.2) is 17.5 Å². The van der Waals surface area contributed by atoms with Crippen molar-refractivity contribution in [1.82, 2.24) is 15.0 Å². The molecule has 0 fully saturated rings. The number of nitrogens with zero attached hydrogens (tertiary/aromatic N) is 3. The van der Waals surface area contributed by atoms with Crippen LogP contribution in [0.4, 0.5) is 0 Å². The lowest BCUT2D eigenvalue weighted by Gasteiger charge is -2.25.